The van der Waals surface area contributed by atoms with E-state index in [1.165, 1.54) is 0 Å². The van der Waals surface area contributed by atoms with Crippen molar-refractivity contribution in [3.05, 3.63) is 46.5 Å². The summed E-state index contributed by atoms with van der Waals surface area (Å²) in [4.78, 5) is 28.0. The van der Waals surface area contributed by atoms with E-state index in [0.29, 0.717) is 11.7 Å². The number of pyridine rings is 1. The van der Waals surface area contributed by atoms with Crippen LogP contribution in [0.2, 0.25) is 0 Å². The third-order valence-corrected chi connectivity index (χ3v) is 4.57. The predicted octanol–water partition coefficient (Wildman–Crippen LogP) is 1.21. The van der Waals surface area contributed by atoms with Gasteiger partial charge in [0.25, 0.3) is 5.56 Å². The lowest BCUT2D eigenvalue weighted by Crippen LogP contribution is -2.45. The molecule has 1 fully saturated rings. The summed E-state index contributed by atoms with van der Waals surface area (Å²) >= 11 is 1.58. The van der Waals surface area contributed by atoms with Crippen LogP contribution in [0.25, 0.3) is 0 Å². The SMILES string of the molecule is CN1CCN(c2nc(CSc3ccccn3)cc(=O)[nH]2)CC1. The number of rotatable bonds is 4. The lowest BCUT2D eigenvalue weighted by molar-refractivity contribution is 0.311. The summed E-state index contributed by atoms with van der Waals surface area (Å²) in [7, 11) is 2.10. The molecule has 0 atom stereocenters. The van der Waals surface area contributed by atoms with Gasteiger partial charge in [0.15, 0.2) is 0 Å². The maximum Gasteiger partial charge on any atom is 0.252 e. The second-order valence-electron chi connectivity index (χ2n) is 5.31. The average molecular weight is 317 g/mol. The minimum Gasteiger partial charge on any atom is -0.340 e. The number of aromatic nitrogens is 3. The van der Waals surface area contributed by atoms with Gasteiger partial charge in [0, 0.05) is 44.2 Å². The molecule has 0 bridgehead atoms. The van der Waals surface area contributed by atoms with Crippen molar-refractivity contribution >= 4 is 17.7 Å². The Balaban J connectivity index is 1.71. The second-order valence-corrected chi connectivity index (χ2v) is 6.30. The van der Waals surface area contributed by atoms with Crippen LogP contribution in [-0.4, -0.2) is 53.1 Å². The summed E-state index contributed by atoms with van der Waals surface area (Å²) in [6.45, 7) is 3.74. The van der Waals surface area contributed by atoms with E-state index in [4.69, 9.17) is 0 Å². The number of hydrogen-bond acceptors (Lipinski definition) is 6. The van der Waals surface area contributed by atoms with Crippen LogP contribution in [0.4, 0.5) is 5.95 Å². The molecule has 6 nitrogen and oxygen atoms in total. The van der Waals surface area contributed by atoms with Crippen molar-refractivity contribution in [2.75, 3.05) is 38.1 Å². The number of nitrogens with zero attached hydrogens (tertiary/aromatic N) is 4. The number of anilines is 1. The standard InChI is InChI=1S/C15H19N5OS/c1-19-6-8-20(9-7-19)15-17-12(10-13(21)18-15)11-22-14-4-2-3-5-16-14/h2-5,10H,6-9,11H2,1H3,(H,17,18,21). The van der Waals surface area contributed by atoms with Crippen molar-refractivity contribution in [3.8, 4) is 0 Å². The first-order valence-corrected chi connectivity index (χ1v) is 8.27. The van der Waals surface area contributed by atoms with Gasteiger partial charge < -0.3 is 9.80 Å². The monoisotopic (exact) mass is 317 g/mol. The smallest absolute Gasteiger partial charge is 0.252 e. The average Bonchev–Trinajstić information content (AvgIpc) is 2.54. The third-order valence-electron chi connectivity index (χ3n) is 3.59. The second kappa shape index (κ2) is 6.93. The number of likely N-dealkylation sites (N-methyl/N-ethyl adjacent to an activating group) is 1. The van der Waals surface area contributed by atoms with E-state index in [1.54, 1.807) is 24.0 Å². The zero-order chi connectivity index (χ0) is 15.4. The number of piperazine rings is 1. The quantitative estimate of drug-likeness (QED) is 0.855. The Labute approximate surface area is 133 Å². The molecule has 0 aliphatic carbocycles. The Hall–Kier alpha value is -1.86. The van der Waals surface area contributed by atoms with Crippen LogP contribution >= 0.6 is 11.8 Å². The number of nitrogens with one attached hydrogen (secondary N) is 1. The fourth-order valence-corrected chi connectivity index (χ4v) is 3.07. The van der Waals surface area contributed by atoms with Gasteiger partial charge in [0.2, 0.25) is 5.95 Å². The van der Waals surface area contributed by atoms with Crippen LogP contribution in [0.1, 0.15) is 5.69 Å². The summed E-state index contributed by atoms with van der Waals surface area (Å²) in [6, 6.07) is 7.37. The number of H-pyrrole nitrogens is 1. The van der Waals surface area contributed by atoms with Crippen LogP contribution < -0.4 is 10.5 Å². The van der Waals surface area contributed by atoms with E-state index in [-0.39, 0.29) is 5.56 Å². The summed E-state index contributed by atoms with van der Waals surface area (Å²) < 4.78 is 0. The minimum atomic E-state index is -0.0967. The molecule has 0 radical (unpaired) electrons. The molecule has 1 aliphatic heterocycles. The summed E-state index contributed by atoms with van der Waals surface area (Å²) in [5.74, 6) is 1.32. The molecule has 7 heteroatoms. The molecule has 1 saturated heterocycles. The first-order chi connectivity index (χ1) is 10.7. The normalized spacial score (nSPS) is 16.0. The number of aromatic amines is 1. The maximum absolute atomic E-state index is 11.9. The van der Waals surface area contributed by atoms with Crippen molar-refractivity contribution in [3.63, 3.8) is 0 Å². The van der Waals surface area contributed by atoms with E-state index in [9.17, 15) is 4.79 Å². The third kappa shape index (κ3) is 3.86. The number of hydrogen-bond donors (Lipinski definition) is 1. The molecule has 0 aromatic carbocycles. The van der Waals surface area contributed by atoms with Crippen LogP contribution in [0.3, 0.4) is 0 Å². The molecule has 0 spiro atoms. The van der Waals surface area contributed by atoms with E-state index in [0.717, 1.165) is 36.9 Å². The summed E-state index contributed by atoms with van der Waals surface area (Å²) in [5.41, 5.74) is 0.689. The van der Waals surface area contributed by atoms with Gasteiger partial charge in [-0.1, -0.05) is 6.07 Å². The van der Waals surface area contributed by atoms with Crippen molar-refractivity contribution in [1.29, 1.82) is 0 Å². The molecule has 3 rings (SSSR count). The fourth-order valence-electron chi connectivity index (χ4n) is 2.32. The molecular weight excluding hydrogens is 298 g/mol. The highest BCUT2D eigenvalue weighted by Crippen LogP contribution is 2.19. The van der Waals surface area contributed by atoms with Crippen LogP contribution in [0.5, 0.6) is 0 Å². The fraction of sp³-hybridized carbons (Fsp3) is 0.400. The molecule has 1 aliphatic rings. The highest BCUT2D eigenvalue weighted by atomic mass is 32.2. The van der Waals surface area contributed by atoms with Crippen molar-refractivity contribution < 1.29 is 0 Å². The van der Waals surface area contributed by atoms with Crippen molar-refractivity contribution in [2.24, 2.45) is 0 Å². The van der Waals surface area contributed by atoms with Gasteiger partial charge in [-0.05, 0) is 19.2 Å². The molecule has 0 amide bonds. The predicted molar refractivity (Wildman–Crippen MR) is 88.4 cm³/mol. The summed E-state index contributed by atoms with van der Waals surface area (Å²) in [6.07, 6.45) is 1.77. The molecule has 2 aromatic heterocycles. The van der Waals surface area contributed by atoms with Crippen LogP contribution in [-0.2, 0) is 5.75 Å². The number of thioether (sulfide) groups is 1. The van der Waals surface area contributed by atoms with Crippen molar-refractivity contribution in [1.82, 2.24) is 19.9 Å². The zero-order valence-electron chi connectivity index (χ0n) is 12.5. The Morgan fingerprint density at radius 3 is 2.82 bits per heavy atom. The van der Waals surface area contributed by atoms with Gasteiger partial charge in [0.1, 0.15) is 0 Å². The molecule has 3 heterocycles. The molecule has 0 unspecified atom stereocenters. The van der Waals surface area contributed by atoms with E-state index in [2.05, 4.69) is 31.8 Å². The minimum absolute atomic E-state index is 0.0967. The Kier molecular flexibility index (Phi) is 4.74. The van der Waals surface area contributed by atoms with Gasteiger partial charge in [-0.15, -0.1) is 11.8 Å². The highest BCUT2D eigenvalue weighted by Gasteiger charge is 2.16. The first kappa shape index (κ1) is 15.1. The van der Waals surface area contributed by atoms with Crippen molar-refractivity contribution in [2.45, 2.75) is 10.8 Å². The Morgan fingerprint density at radius 2 is 2.09 bits per heavy atom. The highest BCUT2D eigenvalue weighted by molar-refractivity contribution is 7.98. The van der Waals surface area contributed by atoms with E-state index >= 15 is 0 Å². The summed E-state index contributed by atoms with van der Waals surface area (Å²) in [5, 5.41) is 0.936. The van der Waals surface area contributed by atoms with Crippen LogP contribution in [0, 0.1) is 0 Å². The lowest BCUT2D eigenvalue weighted by Gasteiger charge is -2.32. The largest absolute Gasteiger partial charge is 0.340 e. The molecule has 116 valence electrons. The van der Waals surface area contributed by atoms with E-state index in [1.807, 2.05) is 18.2 Å². The molecular formula is C15H19N5OS. The molecule has 0 saturated carbocycles. The lowest BCUT2D eigenvalue weighted by atomic mass is 10.3. The van der Waals surface area contributed by atoms with Crippen LogP contribution in [0.15, 0.2) is 40.3 Å². The maximum atomic E-state index is 11.9. The van der Waals surface area contributed by atoms with Gasteiger partial charge in [0.05, 0.1) is 10.7 Å². The topological polar surface area (TPSA) is 65.1 Å². The Morgan fingerprint density at radius 1 is 1.27 bits per heavy atom. The van der Waals surface area contributed by atoms with Gasteiger partial charge in [-0.3, -0.25) is 9.78 Å². The zero-order valence-corrected chi connectivity index (χ0v) is 13.3. The van der Waals surface area contributed by atoms with Gasteiger partial charge in [-0.2, -0.15) is 0 Å². The van der Waals surface area contributed by atoms with Gasteiger partial charge in [-0.25, -0.2) is 9.97 Å². The molecule has 1 N–H and O–H groups in total. The van der Waals surface area contributed by atoms with E-state index < -0.39 is 0 Å². The molecule has 22 heavy (non-hydrogen) atoms. The molecule has 2 aromatic rings. The van der Waals surface area contributed by atoms with Gasteiger partial charge >= 0.3 is 0 Å². The first-order valence-electron chi connectivity index (χ1n) is 7.28. The Bertz CT molecular complexity index is 667.